The number of aromatic nitrogens is 2. The molecule has 0 saturated heterocycles. The summed E-state index contributed by atoms with van der Waals surface area (Å²) in [5, 5.41) is 5.00. The second-order valence-electron chi connectivity index (χ2n) is 11.3. The van der Waals surface area contributed by atoms with Crippen molar-refractivity contribution in [1.29, 1.82) is 0 Å². The highest BCUT2D eigenvalue weighted by molar-refractivity contribution is 6.08. The lowest BCUT2D eigenvalue weighted by Gasteiger charge is -2.24. The van der Waals surface area contributed by atoms with E-state index in [0.717, 1.165) is 45.9 Å². The molecule has 196 valence electrons. The van der Waals surface area contributed by atoms with E-state index in [9.17, 15) is 0 Å². The van der Waals surface area contributed by atoms with Crippen LogP contribution in [-0.2, 0) is 6.42 Å². The van der Waals surface area contributed by atoms with Gasteiger partial charge in [-0.1, -0.05) is 109 Å². The maximum Gasteiger partial charge on any atom is 0.0972 e. The number of pyridine rings is 2. The first-order valence-electron chi connectivity index (χ1n) is 14.6. The summed E-state index contributed by atoms with van der Waals surface area (Å²) in [5.74, 6) is 0. The lowest BCUT2D eigenvalue weighted by molar-refractivity contribution is 1.23. The van der Waals surface area contributed by atoms with E-state index < -0.39 is 0 Å². The van der Waals surface area contributed by atoms with Gasteiger partial charge in [-0.2, -0.15) is 0 Å². The topological polar surface area (TPSA) is 25.8 Å². The van der Waals surface area contributed by atoms with Gasteiger partial charge < -0.3 is 0 Å². The molecule has 0 unspecified atom stereocenters. The van der Waals surface area contributed by atoms with Crippen molar-refractivity contribution < 1.29 is 0 Å². The van der Waals surface area contributed by atoms with Crippen molar-refractivity contribution in [1.82, 2.24) is 9.97 Å². The van der Waals surface area contributed by atoms with E-state index in [1.165, 1.54) is 55.3 Å². The van der Waals surface area contributed by atoms with E-state index in [0.29, 0.717) is 0 Å². The third kappa shape index (κ3) is 3.59. The minimum atomic E-state index is 0.945. The van der Waals surface area contributed by atoms with Crippen LogP contribution in [0.25, 0.3) is 77.7 Å². The van der Waals surface area contributed by atoms with E-state index in [1.54, 1.807) is 0 Å². The van der Waals surface area contributed by atoms with Gasteiger partial charge in [0.15, 0.2) is 0 Å². The number of fused-ring (bicyclic) bond motifs is 3. The Morgan fingerprint density at radius 3 is 2.36 bits per heavy atom. The predicted octanol–water partition coefficient (Wildman–Crippen LogP) is 10.3. The fraction of sp³-hybridized carbons (Fsp3) is 0.0500. The van der Waals surface area contributed by atoms with E-state index in [4.69, 9.17) is 4.98 Å². The highest BCUT2D eigenvalue weighted by Gasteiger charge is 2.21. The predicted molar refractivity (Wildman–Crippen MR) is 176 cm³/mol. The summed E-state index contributed by atoms with van der Waals surface area (Å²) >= 11 is 0. The van der Waals surface area contributed by atoms with Crippen molar-refractivity contribution in [3.8, 4) is 33.5 Å². The minimum Gasteiger partial charge on any atom is -0.254 e. The molecule has 2 nitrogen and oxygen atoms in total. The highest BCUT2D eigenvalue weighted by atomic mass is 14.7. The van der Waals surface area contributed by atoms with E-state index in [1.807, 2.05) is 12.3 Å². The zero-order valence-corrected chi connectivity index (χ0v) is 23.0. The van der Waals surface area contributed by atoms with E-state index in [2.05, 4.69) is 126 Å². The van der Waals surface area contributed by atoms with Gasteiger partial charge in [0, 0.05) is 22.5 Å². The van der Waals surface area contributed by atoms with Crippen LogP contribution in [0.5, 0.6) is 0 Å². The average Bonchev–Trinajstić information content (AvgIpc) is 3.07. The number of hydrogen-bond acceptors (Lipinski definition) is 2. The summed E-state index contributed by atoms with van der Waals surface area (Å²) in [7, 11) is 0. The number of hydrogen-bond donors (Lipinski definition) is 0. The van der Waals surface area contributed by atoms with Gasteiger partial charge in [0.2, 0.25) is 0 Å². The van der Waals surface area contributed by atoms with Crippen LogP contribution >= 0.6 is 0 Å². The fourth-order valence-electron chi connectivity index (χ4n) is 6.86. The first-order chi connectivity index (χ1) is 20.8. The van der Waals surface area contributed by atoms with Gasteiger partial charge in [0.25, 0.3) is 0 Å². The van der Waals surface area contributed by atoms with Crippen LogP contribution in [0.1, 0.15) is 23.1 Å². The number of allylic oxidation sites excluding steroid dienone is 3. The normalized spacial score (nSPS) is 13.6. The van der Waals surface area contributed by atoms with Gasteiger partial charge in [-0.05, 0) is 86.3 Å². The van der Waals surface area contributed by atoms with Crippen molar-refractivity contribution in [3.63, 3.8) is 0 Å². The van der Waals surface area contributed by atoms with Gasteiger partial charge in [-0.3, -0.25) is 4.98 Å². The molecule has 42 heavy (non-hydrogen) atoms. The van der Waals surface area contributed by atoms with E-state index in [-0.39, 0.29) is 0 Å². The molecular weight excluding hydrogens is 508 g/mol. The summed E-state index contributed by atoms with van der Waals surface area (Å²) < 4.78 is 0. The van der Waals surface area contributed by atoms with Crippen LogP contribution in [0.2, 0.25) is 0 Å². The molecular formula is C40H26N2. The standard InChI is InChI=1S/C40H26N2/c1-4-27-13-14-29-17-20-34(35-21-18-28(5-1)37(27)38(29)35)33-7-2-6-32(24-33)25-9-11-26(12-10-25)36-22-19-31-16-15-30-8-3-23-41-39(30)40(31)42-36/h1-3,5-13,15-24H,4,14H2. The Morgan fingerprint density at radius 2 is 1.43 bits per heavy atom. The molecule has 2 aliphatic rings. The SMILES string of the molecule is C1=Cc2ccc3c(-c4cccc(-c5ccc(-c6ccc7ccc8cccnc8c7n6)cc5)c4)ccc4c3c2C(=CC4)C1. The maximum atomic E-state index is 5.04. The van der Waals surface area contributed by atoms with Crippen LogP contribution < -0.4 is 0 Å². The molecule has 2 heteroatoms. The Hall–Kier alpha value is -5.34. The van der Waals surface area contributed by atoms with Crippen molar-refractivity contribution in [3.05, 3.63) is 144 Å². The highest BCUT2D eigenvalue weighted by Crippen LogP contribution is 2.43. The zero-order valence-electron chi connectivity index (χ0n) is 23.0. The minimum absolute atomic E-state index is 0.945. The lowest BCUT2D eigenvalue weighted by Crippen LogP contribution is -2.03. The van der Waals surface area contributed by atoms with Crippen molar-refractivity contribution in [2.45, 2.75) is 12.8 Å². The summed E-state index contributed by atoms with van der Waals surface area (Å²) in [6, 6.07) is 39.5. The third-order valence-electron chi connectivity index (χ3n) is 8.94. The van der Waals surface area contributed by atoms with Crippen LogP contribution in [0.4, 0.5) is 0 Å². The van der Waals surface area contributed by atoms with Crippen LogP contribution in [-0.4, -0.2) is 9.97 Å². The molecule has 0 atom stereocenters. The maximum absolute atomic E-state index is 5.04. The molecule has 2 aromatic heterocycles. The Labute approximate surface area is 244 Å². The molecule has 0 aliphatic heterocycles. The molecule has 0 bridgehead atoms. The Bertz CT molecular complexity index is 2290. The van der Waals surface area contributed by atoms with Crippen LogP contribution in [0.15, 0.2) is 128 Å². The van der Waals surface area contributed by atoms with Gasteiger partial charge in [-0.25, -0.2) is 4.98 Å². The van der Waals surface area contributed by atoms with Gasteiger partial charge in [0.1, 0.15) is 0 Å². The molecule has 0 radical (unpaired) electrons. The Kier molecular flexibility index (Phi) is 5.06. The molecule has 7 aromatic rings. The molecule has 0 spiro atoms. The number of benzene rings is 5. The van der Waals surface area contributed by atoms with Crippen molar-refractivity contribution in [2.75, 3.05) is 0 Å². The number of rotatable bonds is 3. The summed E-state index contributed by atoms with van der Waals surface area (Å²) in [6.45, 7) is 0. The third-order valence-corrected chi connectivity index (χ3v) is 8.94. The van der Waals surface area contributed by atoms with Crippen molar-refractivity contribution >= 4 is 44.2 Å². The van der Waals surface area contributed by atoms with Crippen LogP contribution in [0, 0.1) is 0 Å². The monoisotopic (exact) mass is 534 g/mol. The Morgan fingerprint density at radius 1 is 0.595 bits per heavy atom. The lowest BCUT2D eigenvalue weighted by atomic mass is 9.80. The number of nitrogens with zero attached hydrogens (tertiary/aromatic N) is 2. The molecule has 0 fully saturated rings. The van der Waals surface area contributed by atoms with Crippen LogP contribution in [0.3, 0.4) is 0 Å². The molecule has 2 aliphatic carbocycles. The van der Waals surface area contributed by atoms with Gasteiger partial charge >= 0.3 is 0 Å². The van der Waals surface area contributed by atoms with Gasteiger partial charge in [-0.15, -0.1) is 0 Å². The zero-order chi connectivity index (χ0) is 27.6. The summed E-state index contributed by atoms with van der Waals surface area (Å²) in [5.41, 5.74) is 14.6. The first-order valence-corrected chi connectivity index (χ1v) is 14.6. The second-order valence-corrected chi connectivity index (χ2v) is 11.3. The largest absolute Gasteiger partial charge is 0.254 e. The van der Waals surface area contributed by atoms with Gasteiger partial charge in [0.05, 0.1) is 16.7 Å². The summed E-state index contributed by atoms with van der Waals surface area (Å²) in [6.07, 6.45) is 10.9. The molecule has 0 saturated carbocycles. The molecule has 0 amide bonds. The first kappa shape index (κ1) is 23.4. The quantitative estimate of drug-likeness (QED) is 0.211. The average molecular weight is 535 g/mol. The molecule has 5 aromatic carbocycles. The van der Waals surface area contributed by atoms with E-state index >= 15 is 0 Å². The summed E-state index contributed by atoms with van der Waals surface area (Å²) in [4.78, 5) is 9.65. The van der Waals surface area contributed by atoms with Crippen molar-refractivity contribution in [2.24, 2.45) is 0 Å². The second kappa shape index (κ2) is 9.09. The molecule has 9 rings (SSSR count). The molecule has 2 heterocycles. The smallest absolute Gasteiger partial charge is 0.0972 e. The fourth-order valence-corrected chi connectivity index (χ4v) is 6.86. The molecule has 0 N–H and O–H groups in total. The Balaban J connectivity index is 1.10.